The highest BCUT2D eigenvalue weighted by Gasteiger charge is 2.29. The van der Waals surface area contributed by atoms with Crippen LogP contribution in [0.5, 0.6) is 0 Å². The number of methoxy groups -OCH3 is 1. The van der Waals surface area contributed by atoms with Crippen molar-refractivity contribution in [1.82, 2.24) is 4.90 Å². The molecule has 2 aromatic rings. The van der Waals surface area contributed by atoms with Crippen LogP contribution < -0.4 is 0 Å². The normalized spacial score (nSPS) is 17.2. The van der Waals surface area contributed by atoms with Crippen LogP contribution in [0.15, 0.2) is 48.5 Å². The standard InChI is InChI=1S/C20H20FNO3/c1-25-20(24)16-8-4-7-15(12-16)19(23)22-11-3-2-10-18(22)14-6-5-9-17(21)13-14/h4-9,12-13,18H,2-3,10-11H2,1H3. The lowest BCUT2D eigenvalue weighted by atomic mass is 9.94. The molecule has 4 nitrogen and oxygen atoms in total. The van der Waals surface area contributed by atoms with Crippen LogP contribution in [0.2, 0.25) is 0 Å². The first-order valence-electron chi connectivity index (χ1n) is 8.35. The zero-order valence-electron chi connectivity index (χ0n) is 14.1. The van der Waals surface area contributed by atoms with Gasteiger partial charge in [-0.2, -0.15) is 0 Å². The maximum absolute atomic E-state index is 13.6. The number of esters is 1. The topological polar surface area (TPSA) is 46.6 Å². The van der Waals surface area contributed by atoms with Crippen molar-refractivity contribution in [3.05, 3.63) is 71.0 Å². The predicted octanol–water partition coefficient (Wildman–Crippen LogP) is 3.98. The van der Waals surface area contributed by atoms with Crippen LogP contribution in [0, 0.1) is 5.82 Å². The molecule has 3 rings (SSSR count). The van der Waals surface area contributed by atoms with Crippen LogP contribution in [0.3, 0.4) is 0 Å². The van der Waals surface area contributed by atoms with Crippen LogP contribution in [0.4, 0.5) is 4.39 Å². The van der Waals surface area contributed by atoms with E-state index in [1.807, 2.05) is 6.07 Å². The molecule has 0 spiro atoms. The van der Waals surface area contributed by atoms with Crippen LogP contribution in [-0.4, -0.2) is 30.4 Å². The highest BCUT2D eigenvalue weighted by molar-refractivity contribution is 5.98. The van der Waals surface area contributed by atoms with E-state index in [1.54, 1.807) is 35.2 Å². The monoisotopic (exact) mass is 341 g/mol. The van der Waals surface area contributed by atoms with E-state index in [2.05, 4.69) is 0 Å². The fraction of sp³-hybridized carbons (Fsp3) is 0.300. The lowest BCUT2D eigenvalue weighted by molar-refractivity contribution is 0.0600. The predicted molar refractivity (Wildman–Crippen MR) is 91.8 cm³/mol. The van der Waals surface area contributed by atoms with Gasteiger partial charge >= 0.3 is 5.97 Å². The minimum atomic E-state index is -0.477. The van der Waals surface area contributed by atoms with Gasteiger partial charge in [0, 0.05) is 12.1 Å². The Hall–Kier alpha value is -2.69. The Morgan fingerprint density at radius 2 is 1.84 bits per heavy atom. The molecule has 0 saturated carbocycles. The molecule has 2 aromatic carbocycles. The number of nitrogens with zero attached hydrogens (tertiary/aromatic N) is 1. The molecule has 1 aliphatic rings. The lowest BCUT2D eigenvalue weighted by Gasteiger charge is -2.36. The summed E-state index contributed by atoms with van der Waals surface area (Å²) < 4.78 is 18.3. The van der Waals surface area contributed by atoms with E-state index in [0.29, 0.717) is 17.7 Å². The summed E-state index contributed by atoms with van der Waals surface area (Å²) in [6, 6.07) is 12.8. The second kappa shape index (κ2) is 7.47. The van der Waals surface area contributed by atoms with Gasteiger partial charge in [0.25, 0.3) is 5.91 Å². The lowest BCUT2D eigenvalue weighted by Crippen LogP contribution is -2.38. The van der Waals surface area contributed by atoms with Gasteiger partial charge in [0.05, 0.1) is 18.7 Å². The van der Waals surface area contributed by atoms with Crippen LogP contribution >= 0.6 is 0 Å². The van der Waals surface area contributed by atoms with E-state index >= 15 is 0 Å². The van der Waals surface area contributed by atoms with Crippen molar-refractivity contribution >= 4 is 11.9 Å². The molecule has 1 unspecified atom stereocenters. The van der Waals surface area contributed by atoms with Gasteiger partial charge in [-0.1, -0.05) is 18.2 Å². The Balaban J connectivity index is 1.90. The van der Waals surface area contributed by atoms with E-state index in [-0.39, 0.29) is 17.8 Å². The molecule has 5 heteroatoms. The molecule has 0 bridgehead atoms. The second-order valence-electron chi connectivity index (χ2n) is 6.14. The van der Waals surface area contributed by atoms with Gasteiger partial charge in [-0.25, -0.2) is 9.18 Å². The van der Waals surface area contributed by atoms with E-state index < -0.39 is 5.97 Å². The number of rotatable bonds is 3. The largest absolute Gasteiger partial charge is 0.465 e. The minimum Gasteiger partial charge on any atom is -0.465 e. The number of carbonyl (C=O) groups excluding carboxylic acids is 2. The molecular weight excluding hydrogens is 321 g/mol. The first-order chi connectivity index (χ1) is 12.1. The fourth-order valence-corrected chi connectivity index (χ4v) is 3.30. The van der Waals surface area contributed by atoms with Crippen LogP contribution in [0.25, 0.3) is 0 Å². The average molecular weight is 341 g/mol. The molecule has 0 radical (unpaired) electrons. The molecule has 25 heavy (non-hydrogen) atoms. The minimum absolute atomic E-state index is 0.153. The van der Waals surface area contributed by atoms with Gasteiger partial charge in [0.2, 0.25) is 0 Å². The third kappa shape index (κ3) is 3.71. The first-order valence-corrected chi connectivity index (χ1v) is 8.35. The first kappa shape index (κ1) is 17.1. The van der Waals surface area contributed by atoms with Crippen molar-refractivity contribution in [3.63, 3.8) is 0 Å². The third-order valence-electron chi connectivity index (χ3n) is 4.53. The van der Waals surface area contributed by atoms with Gasteiger partial charge in [-0.3, -0.25) is 4.79 Å². The smallest absolute Gasteiger partial charge is 0.337 e. The van der Waals surface area contributed by atoms with Gasteiger partial charge < -0.3 is 9.64 Å². The number of benzene rings is 2. The highest BCUT2D eigenvalue weighted by atomic mass is 19.1. The number of hydrogen-bond acceptors (Lipinski definition) is 3. The molecule has 1 fully saturated rings. The summed E-state index contributed by atoms with van der Waals surface area (Å²) in [4.78, 5) is 26.5. The van der Waals surface area contributed by atoms with Crippen LogP contribution in [0.1, 0.15) is 51.6 Å². The average Bonchev–Trinajstić information content (AvgIpc) is 2.67. The zero-order valence-corrected chi connectivity index (χ0v) is 14.1. The number of ether oxygens (including phenoxy) is 1. The molecule has 0 aliphatic carbocycles. The quantitative estimate of drug-likeness (QED) is 0.793. The van der Waals surface area contributed by atoms with Crippen molar-refractivity contribution in [1.29, 1.82) is 0 Å². The molecular formula is C20H20FNO3. The third-order valence-corrected chi connectivity index (χ3v) is 4.53. The number of amides is 1. The molecule has 1 heterocycles. The second-order valence-corrected chi connectivity index (χ2v) is 6.14. The molecule has 1 atom stereocenters. The summed E-state index contributed by atoms with van der Waals surface area (Å²) in [6.45, 7) is 0.614. The molecule has 1 saturated heterocycles. The number of hydrogen-bond donors (Lipinski definition) is 0. The fourth-order valence-electron chi connectivity index (χ4n) is 3.30. The molecule has 0 aromatic heterocycles. The number of likely N-dealkylation sites (tertiary alicyclic amines) is 1. The molecule has 1 amide bonds. The number of halogens is 1. The van der Waals surface area contributed by atoms with Gasteiger partial charge in [0.1, 0.15) is 5.82 Å². The Labute approximate surface area is 146 Å². The highest BCUT2D eigenvalue weighted by Crippen LogP contribution is 2.32. The van der Waals surface area contributed by atoms with Gasteiger partial charge in [0.15, 0.2) is 0 Å². The maximum Gasteiger partial charge on any atom is 0.337 e. The van der Waals surface area contributed by atoms with Crippen molar-refractivity contribution < 1.29 is 18.7 Å². The molecule has 1 aliphatic heterocycles. The van der Waals surface area contributed by atoms with Crippen LogP contribution in [-0.2, 0) is 4.74 Å². The summed E-state index contributed by atoms with van der Waals surface area (Å²) >= 11 is 0. The van der Waals surface area contributed by atoms with E-state index in [4.69, 9.17) is 4.74 Å². The van der Waals surface area contributed by atoms with E-state index in [9.17, 15) is 14.0 Å². The summed E-state index contributed by atoms with van der Waals surface area (Å²) in [6.07, 6.45) is 2.70. The summed E-state index contributed by atoms with van der Waals surface area (Å²) in [5.74, 6) is -0.933. The summed E-state index contributed by atoms with van der Waals surface area (Å²) in [5.41, 5.74) is 1.58. The van der Waals surface area contributed by atoms with Crippen molar-refractivity contribution in [2.45, 2.75) is 25.3 Å². The molecule has 0 N–H and O–H groups in total. The number of carbonyl (C=O) groups is 2. The Bertz CT molecular complexity index is 790. The van der Waals surface area contributed by atoms with Gasteiger partial charge in [-0.15, -0.1) is 0 Å². The number of piperidine rings is 1. The van der Waals surface area contributed by atoms with E-state index in [1.165, 1.54) is 19.2 Å². The van der Waals surface area contributed by atoms with Crippen molar-refractivity contribution in [3.8, 4) is 0 Å². The summed E-state index contributed by atoms with van der Waals surface area (Å²) in [7, 11) is 1.31. The summed E-state index contributed by atoms with van der Waals surface area (Å²) in [5, 5.41) is 0. The zero-order chi connectivity index (χ0) is 17.8. The Morgan fingerprint density at radius 3 is 2.60 bits per heavy atom. The molecule has 130 valence electrons. The van der Waals surface area contributed by atoms with Gasteiger partial charge in [-0.05, 0) is 55.2 Å². The van der Waals surface area contributed by atoms with Crippen molar-refractivity contribution in [2.75, 3.05) is 13.7 Å². The maximum atomic E-state index is 13.6. The van der Waals surface area contributed by atoms with E-state index in [0.717, 1.165) is 24.8 Å². The Morgan fingerprint density at radius 1 is 1.08 bits per heavy atom. The SMILES string of the molecule is COC(=O)c1cccc(C(=O)N2CCCCC2c2cccc(F)c2)c1. The van der Waals surface area contributed by atoms with Crippen molar-refractivity contribution in [2.24, 2.45) is 0 Å². The Kier molecular flexibility index (Phi) is 5.12.